The number of carbonyl (C=O) groups excluding carboxylic acids is 2. The number of carbonyl (C=O) groups is 2. The predicted octanol–water partition coefficient (Wildman–Crippen LogP) is 5.14. The highest BCUT2D eigenvalue weighted by molar-refractivity contribution is 8.18. The van der Waals surface area contributed by atoms with Crippen LogP contribution in [0.3, 0.4) is 0 Å². The summed E-state index contributed by atoms with van der Waals surface area (Å²) < 4.78 is 5.73. The Bertz CT molecular complexity index is 877. The zero-order chi connectivity index (χ0) is 18.5. The summed E-state index contributed by atoms with van der Waals surface area (Å²) in [7, 11) is 0. The van der Waals surface area contributed by atoms with Gasteiger partial charge in [0.25, 0.3) is 11.1 Å². The zero-order valence-electron chi connectivity index (χ0n) is 13.9. The molecule has 2 amide bonds. The number of ether oxygens (including phenoxy) is 1. The number of benzene rings is 2. The number of amides is 2. The van der Waals surface area contributed by atoms with Gasteiger partial charge in [-0.1, -0.05) is 48.0 Å². The lowest BCUT2D eigenvalue weighted by Gasteiger charge is -2.08. The Morgan fingerprint density at radius 2 is 1.85 bits per heavy atom. The molecule has 0 radical (unpaired) electrons. The number of thioether (sulfide) groups is 1. The fraction of sp³-hybridized carbons (Fsp3) is 0.100. The summed E-state index contributed by atoms with van der Waals surface area (Å²) in [5.41, 5.74) is 1.73. The first-order chi connectivity index (χ1) is 12.6. The summed E-state index contributed by atoms with van der Waals surface area (Å²) in [4.78, 5) is 25.6. The quantitative estimate of drug-likeness (QED) is 0.510. The van der Waals surface area contributed by atoms with Crippen molar-refractivity contribution in [3.05, 3.63) is 82.2 Å². The van der Waals surface area contributed by atoms with Crippen LogP contribution in [0.1, 0.15) is 11.1 Å². The molecule has 3 rings (SSSR count). The topological polar surface area (TPSA) is 46.6 Å². The average Bonchev–Trinajstić information content (AvgIpc) is 2.90. The third-order valence-corrected chi connectivity index (χ3v) is 4.99. The molecule has 0 atom stereocenters. The summed E-state index contributed by atoms with van der Waals surface area (Å²) in [5.74, 6) is 0.403. The van der Waals surface area contributed by atoms with Gasteiger partial charge in [-0.05, 0) is 41.6 Å². The lowest BCUT2D eigenvalue weighted by Crippen LogP contribution is -2.27. The van der Waals surface area contributed by atoms with Crippen LogP contribution >= 0.6 is 23.4 Å². The lowest BCUT2D eigenvalue weighted by molar-refractivity contribution is -0.122. The molecule has 26 heavy (non-hydrogen) atoms. The Balaban J connectivity index is 1.66. The Morgan fingerprint density at radius 1 is 1.12 bits per heavy atom. The van der Waals surface area contributed by atoms with Crippen LogP contribution in [0.5, 0.6) is 5.75 Å². The van der Waals surface area contributed by atoms with E-state index in [2.05, 4.69) is 6.58 Å². The minimum absolute atomic E-state index is 0.219. The van der Waals surface area contributed by atoms with Crippen molar-refractivity contribution >= 4 is 40.6 Å². The second-order valence-corrected chi connectivity index (χ2v) is 6.93. The van der Waals surface area contributed by atoms with E-state index in [0.717, 1.165) is 22.9 Å². The van der Waals surface area contributed by atoms with Crippen molar-refractivity contribution in [3.63, 3.8) is 0 Å². The van der Waals surface area contributed by atoms with E-state index in [0.29, 0.717) is 22.3 Å². The predicted molar refractivity (Wildman–Crippen MR) is 105 cm³/mol. The van der Waals surface area contributed by atoms with E-state index in [9.17, 15) is 9.59 Å². The van der Waals surface area contributed by atoms with Gasteiger partial charge in [-0.15, -0.1) is 6.58 Å². The van der Waals surface area contributed by atoms with Crippen LogP contribution in [-0.2, 0) is 11.4 Å². The van der Waals surface area contributed by atoms with Gasteiger partial charge in [0.15, 0.2) is 0 Å². The molecule has 1 fully saturated rings. The van der Waals surface area contributed by atoms with Crippen LogP contribution in [0.15, 0.2) is 66.1 Å². The van der Waals surface area contributed by atoms with E-state index in [1.807, 2.05) is 48.5 Å². The van der Waals surface area contributed by atoms with E-state index in [-0.39, 0.29) is 17.7 Å². The number of rotatable bonds is 6. The fourth-order valence-corrected chi connectivity index (χ4v) is 3.41. The third kappa shape index (κ3) is 4.18. The SMILES string of the molecule is C=CCN1C(=O)S/C(=C/c2ccc(OCc3ccccc3Cl)cc2)C1=O. The van der Waals surface area contributed by atoms with Gasteiger partial charge < -0.3 is 4.74 Å². The van der Waals surface area contributed by atoms with Gasteiger partial charge in [0, 0.05) is 17.1 Å². The molecule has 0 aromatic heterocycles. The number of hydrogen-bond acceptors (Lipinski definition) is 4. The normalized spacial score (nSPS) is 15.6. The first-order valence-electron chi connectivity index (χ1n) is 7.91. The molecule has 0 unspecified atom stereocenters. The highest BCUT2D eigenvalue weighted by Crippen LogP contribution is 2.32. The Labute approximate surface area is 161 Å². The molecule has 1 aliphatic rings. The molecule has 1 aliphatic heterocycles. The van der Waals surface area contributed by atoms with Crippen molar-refractivity contribution < 1.29 is 14.3 Å². The van der Waals surface area contributed by atoms with Crippen LogP contribution in [0, 0.1) is 0 Å². The molecule has 1 saturated heterocycles. The number of imide groups is 1. The van der Waals surface area contributed by atoms with E-state index in [1.54, 1.807) is 6.08 Å². The van der Waals surface area contributed by atoms with Gasteiger partial charge in [-0.25, -0.2) is 0 Å². The first-order valence-corrected chi connectivity index (χ1v) is 9.10. The van der Waals surface area contributed by atoms with Crippen molar-refractivity contribution in [1.29, 1.82) is 0 Å². The second kappa shape index (κ2) is 8.25. The Hall–Kier alpha value is -2.50. The maximum atomic E-state index is 12.2. The lowest BCUT2D eigenvalue weighted by atomic mass is 10.2. The van der Waals surface area contributed by atoms with Crippen molar-refractivity contribution in [2.75, 3.05) is 6.54 Å². The molecule has 1 heterocycles. The van der Waals surface area contributed by atoms with Crippen LogP contribution < -0.4 is 4.74 Å². The molecule has 2 aromatic carbocycles. The van der Waals surface area contributed by atoms with Crippen molar-refractivity contribution in [2.24, 2.45) is 0 Å². The molecular formula is C20H16ClNO3S. The molecule has 0 saturated carbocycles. The van der Waals surface area contributed by atoms with Crippen molar-refractivity contribution in [3.8, 4) is 5.75 Å². The monoisotopic (exact) mass is 385 g/mol. The van der Waals surface area contributed by atoms with Gasteiger partial charge in [0.2, 0.25) is 0 Å². The van der Waals surface area contributed by atoms with Crippen molar-refractivity contribution in [1.82, 2.24) is 4.90 Å². The Morgan fingerprint density at radius 3 is 2.54 bits per heavy atom. The molecule has 0 spiro atoms. The molecule has 4 nitrogen and oxygen atoms in total. The number of halogens is 1. The maximum absolute atomic E-state index is 12.2. The van der Waals surface area contributed by atoms with Gasteiger partial charge >= 0.3 is 0 Å². The first kappa shape index (κ1) is 18.3. The highest BCUT2D eigenvalue weighted by atomic mass is 35.5. The largest absolute Gasteiger partial charge is 0.489 e. The number of hydrogen-bond donors (Lipinski definition) is 0. The standard InChI is InChI=1S/C20H16ClNO3S/c1-2-11-22-19(23)18(26-20(22)24)12-14-7-9-16(10-8-14)25-13-15-5-3-4-6-17(15)21/h2-10,12H,1,11,13H2/b18-12+. The van der Waals surface area contributed by atoms with E-state index < -0.39 is 0 Å². The van der Waals surface area contributed by atoms with Crippen molar-refractivity contribution in [2.45, 2.75) is 6.61 Å². The third-order valence-electron chi connectivity index (χ3n) is 3.72. The average molecular weight is 386 g/mol. The minimum Gasteiger partial charge on any atom is -0.489 e. The molecule has 0 bridgehead atoms. The van der Waals surface area contributed by atoms with Gasteiger partial charge in [-0.2, -0.15) is 0 Å². The number of nitrogens with zero attached hydrogens (tertiary/aromatic N) is 1. The smallest absolute Gasteiger partial charge is 0.293 e. The summed E-state index contributed by atoms with van der Waals surface area (Å²) in [6, 6.07) is 14.8. The minimum atomic E-state index is -0.293. The molecule has 2 aromatic rings. The molecule has 0 N–H and O–H groups in total. The summed E-state index contributed by atoms with van der Waals surface area (Å²) >= 11 is 7.05. The van der Waals surface area contributed by atoms with E-state index in [4.69, 9.17) is 16.3 Å². The summed E-state index contributed by atoms with van der Waals surface area (Å²) in [6.45, 7) is 4.15. The van der Waals surface area contributed by atoms with E-state index >= 15 is 0 Å². The maximum Gasteiger partial charge on any atom is 0.293 e. The molecular weight excluding hydrogens is 370 g/mol. The van der Waals surface area contributed by atoms with Crippen LogP contribution in [0.4, 0.5) is 4.79 Å². The van der Waals surface area contributed by atoms with Crippen LogP contribution in [0.2, 0.25) is 5.02 Å². The van der Waals surface area contributed by atoms with Gasteiger partial charge in [-0.3, -0.25) is 14.5 Å². The molecule has 0 aliphatic carbocycles. The summed E-state index contributed by atoms with van der Waals surface area (Å²) in [6.07, 6.45) is 3.23. The van der Waals surface area contributed by atoms with Crippen LogP contribution in [-0.4, -0.2) is 22.6 Å². The highest BCUT2D eigenvalue weighted by Gasteiger charge is 2.33. The molecule has 6 heteroatoms. The van der Waals surface area contributed by atoms with Gasteiger partial charge in [0.05, 0.1) is 4.91 Å². The fourth-order valence-electron chi connectivity index (χ4n) is 2.37. The van der Waals surface area contributed by atoms with E-state index in [1.165, 1.54) is 11.0 Å². The van der Waals surface area contributed by atoms with Gasteiger partial charge in [0.1, 0.15) is 12.4 Å². The second-order valence-electron chi connectivity index (χ2n) is 5.53. The summed E-state index contributed by atoms with van der Waals surface area (Å²) in [5, 5.41) is 0.389. The zero-order valence-corrected chi connectivity index (χ0v) is 15.4. The molecule has 132 valence electrons. The Kier molecular flexibility index (Phi) is 5.81. The van der Waals surface area contributed by atoms with Crippen LogP contribution in [0.25, 0.3) is 6.08 Å².